The summed E-state index contributed by atoms with van der Waals surface area (Å²) in [6, 6.07) is 5.13. The van der Waals surface area contributed by atoms with Gasteiger partial charge in [0.1, 0.15) is 18.1 Å². The minimum atomic E-state index is -0.897. The molecule has 0 radical (unpaired) electrons. The summed E-state index contributed by atoms with van der Waals surface area (Å²) in [7, 11) is 0. The van der Waals surface area contributed by atoms with Gasteiger partial charge in [0.15, 0.2) is 0 Å². The number of aliphatic hydroxyl groups is 1. The molecular formula is C31H47N5O5. The number of amides is 4. The zero-order chi connectivity index (χ0) is 30.7. The van der Waals surface area contributed by atoms with E-state index in [-0.39, 0.29) is 23.8 Å². The Kier molecular flexibility index (Phi) is 13.2. The average Bonchev–Trinajstić information content (AvgIpc) is 2.97. The summed E-state index contributed by atoms with van der Waals surface area (Å²) in [5.74, 6) is -2.51. The summed E-state index contributed by atoms with van der Waals surface area (Å²) in [6.07, 6.45) is 4.71. The van der Waals surface area contributed by atoms with Crippen LogP contribution in [0.3, 0.4) is 0 Å². The molecule has 2 rings (SSSR count). The monoisotopic (exact) mass is 569 g/mol. The molecule has 1 aromatic rings. The van der Waals surface area contributed by atoms with E-state index in [0.717, 1.165) is 11.1 Å². The number of benzene rings is 1. The largest absolute Gasteiger partial charge is 0.392 e. The Labute approximate surface area is 244 Å². The molecule has 1 fully saturated rings. The molecule has 0 spiro atoms. The summed E-state index contributed by atoms with van der Waals surface area (Å²) in [5, 5.41) is 20.1. The number of aliphatic hydroxyl groups excluding tert-OH is 1. The van der Waals surface area contributed by atoms with E-state index < -0.39 is 42.0 Å². The molecule has 4 amide bonds. The summed E-state index contributed by atoms with van der Waals surface area (Å²) in [6.45, 7) is 16.5. The third-order valence-corrected chi connectivity index (χ3v) is 7.41. The predicted molar refractivity (Wildman–Crippen MR) is 160 cm³/mol. The molecule has 10 heteroatoms. The van der Waals surface area contributed by atoms with Gasteiger partial charge in [0.05, 0.1) is 18.1 Å². The summed E-state index contributed by atoms with van der Waals surface area (Å²) < 4.78 is 0. The lowest BCUT2D eigenvalue weighted by atomic mass is 9.97. The Morgan fingerprint density at radius 1 is 1.07 bits per heavy atom. The summed E-state index contributed by atoms with van der Waals surface area (Å²) in [5.41, 5.74) is 4.92. The Morgan fingerprint density at radius 3 is 2.41 bits per heavy atom. The minimum Gasteiger partial charge on any atom is -0.392 e. The van der Waals surface area contributed by atoms with Gasteiger partial charge in [-0.2, -0.15) is 0 Å². The van der Waals surface area contributed by atoms with Crippen molar-refractivity contribution in [2.24, 2.45) is 11.8 Å². The highest BCUT2D eigenvalue weighted by Gasteiger charge is 2.34. The number of carbonyl (C=O) groups is 4. The highest BCUT2D eigenvalue weighted by molar-refractivity contribution is 5.92. The normalized spacial score (nSPS) is 18.8. The lowest BCUT2D eigenvalue weighted by molar-refractivity contribution is -0.143. The van der Waals surface area contributed by atoms with Crippen LogP contribution in [-0.2, 0) is 19.2 Å². The van der Waals surface area contributed by atoms with Gasteiger partial charge in [0, 0.05) is 6.54 Å². The molecule has 10 nitrogen and oxygen atoms in total. The van der Waals surface area contributed by atoms with E-state index in [9.17, 15) is 24.3 Å². The van der Waals surface area contributed by atoms with Crippen molar-refractivity contribution in [1.82, 2.24) is 26.4 Å². The number of hydrazine groups is 1. The maximum Gasteiger partial charge on any atom is 0.258 e. The van der Waals surface area contributed by atoms with Crippen molar-refractivity contribution in [3.8, 4) is 0 Å². The number of hydrogen-bond donors (Lipinski definition) is 5. The van der Waals surface area contributed by atoms with Crippen LogP contribution in [0, 0.1) is 11.8 Å². The Balaban J connectivity index is 1.96. The van der Waals surface area contributed by atoms with Gasteiger partial charge in [0.2, 0.25) is 17.7 Å². The highest BCUT2D eigenvalue weighted by atomic mass is 16.3. The van der Waals surface area contributed by atoms with Crippen LogP contribution >= 0.6 is 0 Å². The average molecular weight is 570 g/mol. The standard InChI is InChI=1S/C31H47N5O5/c1-8-10-16-26(37)20(5)28(38)34-27(19(3)4)30(40)33-22(7)31(41)36-17-12-15-25(35-36)29(39)32-21(6)24-14-11-13-23(9-2)18-24/h8-9,11,13-14,18-22,25-27,35,37H,1-2,10,12,15-17H2,3-7H3,(H,32,39)(H,33,40)(H,34,38). The maximum absolute atomic E-state index is 13.2. The summed E-state index contributed by atoms with van der Waals surface area (Å²) in [4.78, 5) is 52.0. The van der Waals surface area contributed by atoms with Crippen molar-refractivity contribution in [1.29, 1.82) is 0 Å². The molecule has 0 bridgehead atoms. The van der Waals surface area contributed by atoms with Crippen LogP contribution in [0.25, 0.3) is 6.08 Å². The molecule has 0 aromatic heterocycles. The number of allylic oxidation sites excluding steroid dienone is 1. The van der Waals surface area contributed by atoms with E-state index in [2.05, 4.69) is 34.5 Å². The van der Waals surface area contributed by atoms with Crippen molar-refractivity contribution in [2.45, 2.75) is 90.6 Å². The Bertz CT molecular complexity index is 1090. The first kappa shape index (κ1) is 33.7. The van der Waals surface area contributed by atoms with Crippen molar-refractivity contribution in [3.63, 3.8) is 0 Å². The molecule has 6 unspecified atom stereocenters. The quantitative estimate of drug-likeness (QED) is 0.218. The SMILES string of the molecule is C=CCCC(O)C(C)C(=O)NC(C(=O)NC(C)C(=O)N1CCCC(C(=O)NC(C)c2cccc(C=C)c2)N1)C(C)C. The van der Waals surface area contributed by atoms with Crippen molar-refractivity contribution in [3.05, 3.63) is 54.6 Å². The predicted octanol–water partition coefficient (Wildman–Crippen LogP) is 2.61. The molecular weight excluding hydrogens is 522 g/mol. The molecule has 41 heavy (non-hydrogen) atoms. The third kappa shape index (κ3) is 9.82. The highest BCUT2D eigenvalue weighted by Crippen LogP contribution is 2.17. The van der Waals surface area contributed by atoms with Gasteiger partial charge in [-0.3, -0.25) is 24.2 Å². The van der Waals surface area contributed by atoms with Gasteiger partial charge in [-0.1, -0.05) is 57.7 Å². The lowest BCUT2D eigenvalue weighted by Gasteiger charge is -2.35. The fraction of sp³-hybridized carbons (Fsp3) is 0.548. The van der Waals surface area contributed by atoms with Gasteiger partial charge in [0.25, 0.3) is 5.91 Å². The maximum atomic E-state index is 13.2. The topological polar surface area (TPSA) is 140 Å². The van der Waals surface area contributed by atoms with Crippen LogP contribution in [0.2, 0.25) is 0 Å². The van der Waals surface area contributed by atoms with Crippen LogP contribution in [0.4, 0.5) is 0 Å². The van der Waals surface area contributed by atoms with Gasteiger partial charge >= 0.3 is 0 Å². The van der Waals surface area contributed by atoms with Crippen molar-refractivity contribution < 1.29 is 24.3 Å². The zero-order valence-electron chi connectivity index (χ0n) is 25.0. The minimum absolute atomic E-state index is 0.220. The molecule has 1 heterocycles. The molecule has 0 saturated carbocycles. The number of rotatable bonds is 14. The fourth-order valence-corrected chi connectivity index (χ4v) is 4.62. The molecule has 5 N–H and O–H groups in total. The number of nitrogens with zero attached hydrogens (tertiary/aromatic N) is 1. The van der Waals surface area contributed by atoms with E-state index in [1.807, 2.05) is 31.2 Å². The van der Waals surface area contributed by atoms with E-state index in [1.54, 1.807) is 39.8 Å². The number of carbonyl (C=O) groups excluding carboxylic acids is 4. The van der Waals surface area contributed by atoms with Crippen molar-refractivity contribution >= 4 is 29.7 Å². The van der Waals surface area contributed by atoms with E-state index in [0.29, 0.717) is 32.2 Å². The first-order valence-electron chi connectivity index (χ1n) is 14.4. The fourth-order valence-electron chi connectivity index (χ4n) is 4.62. The van der Waals surface area contributed by atoms with Crippen molar-refractivity contribution in [2.75, 3.05) is 6.54 Å². The van der Waals surface area contributed by atoms with Crippen LogP contribution in [0.1, 0.15) is 77.5 Å². The van der Waals surface area contributed by atoms with Gasteiger partial charge in [-0.25, -0.2) is 5.43 Å². The van der Waals surface area contributed by atoms with E-state index >= 15 is 0 Å². The number of hydrogen-bond acceptors (Lipinski definition) is 6. The molecule has 1 aromatic carbocycles. The first-order chi connectivity index (χ1) is 19.4. The molecule has 1 aliphatic heterocycles. The summed E-state index contributed by atoms with van der Waals surface area (Å²) >= 11 is 0. The van der Waals surface area contributed by atoms with Gasteiger partial charge in [-0.15, -0.1) is 6.58 Å². The van der Waals surface area contributed by atoms with Crippen LogP contribution in [0.5, 0.6) is 0 Å². The Morgan fingerprint density at radius 2 is 1.78 bits per heavy atom. The van der Waals surface area contributed by atoms with Crippen LogP contribution in [-0.4, -0.2) is 64.5 Å². The molecule has 0 aliphatic carbocycles. The third-order valence-electron chi connectivity index (χ3n) is 7.41. The van der Waals surface area contributed by atoms with Gasteiger partial charge in [-0.05, 0) is 62.6 Å². The second-order valence-electron chi connectivity index (χ2n) is 11.1. The smallest absolute Gasteiger partial charge is 0.258 e. The van der Waals surface area contributed by atoms with Crippen LogP contribution in [0.15, 0.2) is 43.5 Å². The zero-order valence-corrected chi connectivity index (χ0v) is 25.0. The second-order valence-corrected chi connectivity index (χ2v) is 11.1. The van der Waals surface area contributed by atoms with Crippen LogP contribution < -0.4 is 21.4 Å². The number of nitrogens with one attached hydrogen (secondary N) is 4. The Hall–Kier alpha value is -3.50. The lowest BCUT2D eigenvalue weighted by Crippen LogP contribution is -2.62. The molecule has 1 aliphatic rings. The molecule has 226 valence electrons. The van der Waals surface area contributed by atoms with Gasteiger partial charge < -0.3 is 21.1 Å². The second kappa shape index (κ2) is 16.1. The molecule has 6 atom stereocenters. The first-order valence-corrected chi connectivity index (χ1v) is 14.4. The van der Waals surface area contributed by atoms with E-state index in [4.69, 9.17) is 0 Å². The van der Waals surface area contributed by atoms with E-state index in [1.165, 1.54) is 5.01 Å². The molecule has 1 saturated heterocycles.